The van der Waals surface area contributed by atoms with Crippen LogP contribution in [0.15, 0.2) is 17.5 Å². The molecule has 92 valence electrons. The molecule has 1 aliphatic rings. The van der Waals surface area contributed by atoms with Crippen LogP contribution in [0.4, 0.5) is 0 Å². The van der Waals surface area contributed by atoms with Crippen LogP contribution in [0, 0.1) is 5.41 Å². The van der Waals surface area contributed by atoms with Gasteiger partial charge in [-0.05, 0) is 24.3 Å². The molecule has 2 heterocycles. The fourth-order valence-corrected chi connectivity index (χ4v) is 2.90. The second kappa shape index (κ2) is 4.74. The second-order valence-electron chi connectivity index (χ2n) is 4.69. The van der Waals surface area contributed by atoms with Crippen molar-refractivity contribution in [2.24, 2.45) is 11.1 Å². The predicted octanol–water partition coefficient (Wildman–Crippen LogP) is 2.28. The molecule has 0 aliphatic carbocycles. The van der Waals surface area contributed by atoms with Gasteiger partial charge in [0, 0.05) is 18.5 Å². The molecule has 0 spiro atoms. The van der Waals surface area contributed by atoms with Crippen molar-refractivity contribution < 1.29 is 4.79 Å². The number of piperidine rings is 1. The monoisotopic (exact) mass is 268 g/mol. The highest BCUT2D eigenvalue weighted by atomic mass is 32.1. The van der Waals surface area contributed by atoms with Gasteiger partial charge in [0.05, 0.1) is 9.87 Å². The van der Waals surface area contributed by atoms with E-state index in [0.717, 1.165) is 30.8 Å². The normalized spacial score (nSPS) is 19.0. The lowest BCUT2D eigenvalue weighted by Gasteiger charge is -2.38. The summed E-state index contributed by atoms with van der Waals surface area (Å²) >= 11 is 6.58. The van der Waals surface area contributed by atoms with Crippen molar-refractivity contribution in [3.63, 3.8) is 0 Å². The number of thiophene rings is 1. The van der Waals surface area contributed by atoms with Crippen molar-refractivity contribution in [2.45, 2.75) is 19.8 Å². The minimum absolute atomic E-state index is 0.0818. The molecule has 1 aliphatic heterocycles. The van der Waals surface area contributed by atoms with Gasteiger partial charge in [-0.15, -0.1) is 11.3 Å². The Morgan fingerprint density at radius 1 is 1.53 bits per heavy atom. The van der Waals surface area contributed by atoms with Gasteiger partial charge in [-0.1, -0.05) is 25.2 Å². The van der Waals surface area contributed by atoms with Gasteiger partial charge in [0.15, 0.2) is 0 Å². The summed E-state index contributed by atoms with van der Waals surface area (Å²) < 4.78 is 0. The molecule has 0 bridgehead atoms. The van der Waals surface area contributed by atoms with E-state index in [1.165, 1.54) is 11.3 Å². The predicted molar refractivity (Wildman–Crippen MR) is 74.3 cm³/mol. The minimum atomic E-state index is -0.0818. The topological polar surface area (TPSA) is 46.3 Å². The molecular formula is C12H16N2OS2. The Bertz CT molecular complexity index is 420. The molecule has 0 saturated carbocycles. The molecule has 1 amide bonds. The van der Waals surface area contributed by atoms with Gasteiger partial charge in [-0.3, -0.25) is 4.79 Å². The summed E-state index contributed by atoms with van der Waals surface area (Å²) in [5.41, 5.74) is 5.67. The molecule has 1 aromatic heterocycles. The van der Waals surface area contributed by atoms with Crippen LogP contribution in [0.2, 0.25) is 0 Å². The number of nitrogens with two attached hydrogens (primary N) is 1. The third-order valence-electron chi connectivity index (χ3n) is 3.48. The summed E-state index contributed by atoms with van der Waals surface area (Å²) in [6, 6.07) is 3.77. The fourth-order valence-electron chi connectivity index (χ4n) is 2.01. The zero-order valence-corrected chi connectivity index (χ0v) is 11.4. The van der Waals surface area contributed by atoms with Gasteiger partial charge in [0.25, 0.3) is 5.91 Å². The van der Waals surface area contributed by atoms with Gasteiger partial charge in [-0.2, -0.15) is 0 Å². The summed E-state index contributed by atoms with van der Waals surface area (Å²) in [6.45, 7) is 3.57. The van der Waals surface area contributed by atoms with Crippen LogP contribution in [0.5, 0.6) is 0 Å². The van der Waals surface area contributed by atoms with Crippen LogP contribution >= 0.6 is 23.6 Å². The lowest BCUT2D eigenvalue weighted by molar-refractivity contribution is 0.0675. The van der Waals surface area contributed by atoms with Crippen molar-refractivity contribution >= 4 is 34.5 Å². The van der Waals surface area contributed by atoms with Crippen molar-refractivity contribution in [3.05, 3.63) is 22.4 Å². The van der Waals surface area contributed by atoms with E-state index < -0.39 is 0 Å². The summed E-state index contributed by atoms with van der Waals surface area (Å²) in [6.07, 6.45) is 1.72. The number of carbonyl (C=O) groups excluding carboxylic acids is 1. The summed E-state index contributed by atoms with van der Waals surface area (Å²) in [7, 11) is 0. The molecule has 0 radical (unpaired) electrons. The maximum absolute atomic E-state index is 12.1. The van der Waals surface area contributed by atoms with Crippen LogP contribution in [0.1, 0.15) is 29.4 Å². The SMILES string of the molecule is CC1(C(N)=S)CCN(C(=O)c2cccs2)CC1. The van der Waals surface area contributed by atoms with E-state index in [-0.39, 0.29) is 11.3 Å². The van der Waals surface area contributed by atoms with E-state index in [2.05, 4.69) is 6.92 Å². The van der Waals surface area contributed by atoms with Crippen LogP contribution in [0.3, 0.4) is 0 Å². The minimum Gasteiger partial charge on any atom is -0.393 e. The highest BCUT2D eigenvalue weighted by Gasteiger charge is 2.34. The zero-order valence-electron chi connectivity index (χ0n) is 9.81. The van der Waals surface area contributed by atoms with E-state index in [4.69, 9.17) is 18.0 Å². The van der Waals surface area contributed by atoms with Gasteiger partial charge >= 0.3 is 0 Å². The van der Waals surface area contributed by atoms with Crippen molar-refractivity contribution in [1.82, 2.24) is 4.90 Å². The quantitative estimate of drug-likeness (QED) is 0.837. The standard InChI is InChI=1S/C12H16N2OS2/c1-12(11(13)16)4-6-14(7-5-12)10(15)9-3-2-8-17-9/h2-3,8H,4-7H2,1H3,(H2,13,16). The number of hydrogen-bond donors (Lipinski definition) is 1. The van der Waals surface area contributed by atoms with Crippen LogP contribution in [-0.2, 0) is 0 Å². The van der Waals surface area contributed by atoms with Crippen molar-refractivity contribution in [1.29, 1.82) is 0 Å². The van der Waals surface area contributed by atoms with Gasteiger partial charge < -0.3 is 10.6 Å². The Balaban J connectivity index is 2.00. The number of carbonyl (C=O) groups is 1. The molecule has 1 aromatic rings. The Kier molecular flexibility index (Phi) is 3.49. The number of nitrogens with zero attached hydrogens (tertiary/aromatic N) is 1. The van der Waals surface area contributed by atoms with Gasteiger partial charge in [0.2, 0.25) is 0 Å². The first-order chi connectivity index (χ1) is 8.03. The van der Waals surface area contributed by atoms with Crippen LogP contribution in [0.25, 0.3) is 0 Å². The molecule has 0 aromatic carbocycles. The van der Waals surface area contributed by atoms with Gasteiger partial charge in [0.1, 0.15) is 0 Å². The van der Waals surface area contributed by atoms with Crippen LogP contribution < -0.4 is 5.73 Å². The number of likely N-dealkylation sites (tertiary alicyclic amines) is 1. The third kappa shape index (κ3) is 2.50. The van der Waals surface area contributed by atoms with E-state index in [9.17, 15) is 4.79 Å². The summed E-state index contributed by atoms with van der Waals surface area (Å²) in [5.74, 6) is 0.130. The largest absolute Gasteiger partial charge is 0.393 e. The van der Waals surface area contributed by atoms with E-state index in [1.54, 1.807) is 0 Å². The zero-order chi connectivity index (χ0) is 12.5. The number of amides is 1. The lowest BCUT2D eigenvalue weighted by Crippen LogP contribution is -2.46. The Morgan fingerprint density at radius 3 is 2.65 bits per heavy atom. The molecule has 0 unspecified atom stereocenters. The highest BCUT2D eigenvalue weighted by molar-refractivity contribution is 7.80. The molecule has 2 rings (SSSR count). The van der Waals surface area contributed by atoms with E-state index in [0.29, 0.717) is 4.99 Å². The maximum Gasteiger partial charge on any atom is 0.263 e. The summed E-state index contributed by atoms with van der Waals surface area (Å²) in [5, 5.41) is 1.93. The van der Waals surface area contributed by atoms with Gasteiger partial charge in [-0.25, -0.2) is 0 Å². The smallest absolute Gasteiger partial charge is 0.263 e. The first-order valence-electron chi connectivity index (χ1n) is 5.66. The van der Waals surface area contributed by atoms with E-state index >= 15 is 0 Å². The average Bonchev–Trinajstić information content (AvgIpc) is 2.82. The third-order valence-corrected chi connectivity index (χ3v) is 4.83. The fraction of sp³-hybridized carbons (Fsp3) is 0.500. The molecule has 3 nitrogen and oxygen atoms in total. The molecule has 0 atom stereocenters. The van der Waals surface area contributed by atoms with Crippen molar-refractivity contribution in [3.8, 4) is 0 Å². The Morgan fingerprint density at radius 2 is 2.18 bits per heavy atom. The molecule has 5 heteroatoms. The number of hydrogen-bond acceptors (Lipinski definition) is 3. The lowest BCUT2D eigenvalue weighted by atomic mass is 9.80. The van der Waals surface area contributed by atoms with Crippen molar-refractivity contribution in [2.75, 3.05) is 13.1 Å². The summed E-state index contributed by atoms with van der Waals surface area (Å²) in [4.78, 5) is 15.4. The highest BCUT2D eigenvalue weighted by Crippen LogP contribution is 2.31. The first kappa shape index (κ1) is 12.5. The molecule has 1 saturated heterocycles. The number of rotatable bonds is 2. The molecular weight excluding hydrogens is 252 g/mol. The molecule has 17 heavy (non-hydrogen) atoms. The Hall–Kier alpha value is -0.940. The Labute approximate surface area is 111 Å². The second-order valence-corrected chi connectivity index (χ2v) is 6.08. The molecule has 1 fully saturated rings. The first-order valence-corrected chi connectivity index (χ1v) is 6.94. The molecule has 2 N–H and O–H groups in total. The average molecular weight is 268 g/mol. The maximum atomic E-state index is 12.1. The number of thiocarbonyl (C=S) groups is 1. The van der Waals surface area contributed by atoms with Crippen LogP contribution in [-0.4, -0.2) is 28.9 Å². The van der Waals surface area contributed by atoms with E-state index in [1.807, 2.05) is 22.4 Å².